The standard InChI is InChI=1S/C44H51N7O7/c1-27-23-31(33-25-46-40(48-33)35-16-12-22-50(35)42(53)58-44(5,6)7)38(56-26-28-13-9-8-10-14-28)37(51(54)55)36(27)30-19-17-29(18-20-30)32-24-45-39(47-32)34-15-11-21-49(34)41(52)57-43(2,3)4/h8-10,13-14,17-20,23-25,34-35H,11-12,15-16,21-22,26H2,1-7H3,(H,45,47)(H,46,48)/t34-,35-/m0/s1. The quantitative estimate of drug-likeness (QED) is 0.109. The average molecular weight is 790 g/mol. The third kappa shape index (κ3) is 8.70. The fraction of sp³-hybridized carbons (Fsp3) is 0.409. The minimum absolute atomic E-state index is 0.0979. The molecule has 0 radical (unpaired) electrons. The summed E-state index contributed by atoms with van der Waals surface area (Å²) in [4.78, 5) is 58.3. The number of carbonyl (C=O) groups is 2. The molecule has 2 aromatic heterocycles. The van der Waals surface area contributed by atoms with Gasteiger partial charge >= 0.3 is 17.9 Å². The Morgan fingerprint density at radius 2 is 1.31 bits per heavy atom. The molecule has 2 N–H and O–H groups in total. The smallest absolute Gasteiger partial charge is 0.410 e. The molecule has 14 nitrogen and oxygen atoms in total. The first-order chi connectivity index (χ1) is 27.6. The molecule has 3 aromatic carbocycles. The number of aryl methyl sites for hydroxylation is 1. The van der Waals surface area contributed by atoms with Crippen LogP contribution in [0.25, 0.3) is 33.6 Å². The molecule has 2 fully saturated rings. The van der Waals surface area contributed by atoms with Crippen LogP contribution in [-0.4, -0.2) is 71.1 Å². The summed E-state index contributed by atoms with van der Waals surface area (Å²) in [6.45, 7) is 14.1. The van der Waals surface area contributed by atoms with Gasteiger partial charge in [0.05, 0.1) is 46.4 Å². The first-order valence-electron chi connectivity index (χ1n) is 19.8. The molecule has 58 heavy (non-hydrogen) atoms. The molecule has 2 aliphatic rings. The number of aromatic amines is 2. The Labute approximate surface area is 338 Å². The van der Waals surface area contributed by atoms with Gasteiger partial charge in [-0.05, 0) is 102 Å². The molecule has 0 saturated carbocycles. The fourth-order valence-corrected chi connectivity index (χ4v) is 7.69. The zero-order valence-electron chi connectivity index (χ0n) is 34.1. The van der Waals surface area contributed by atoms with Crippen LogP contribution in [0.1, 0.15) is 102 Å². The summed E-state index contributed by atoms with van der Waals surface area (Å²) in [5, 5.41) is 13.2. The van der Waals surface area contributed by atoms with Crippen molar-refractivity contribution in [2.24, 2.45) is 0 Å². The number of nitrogens with zero attached hydrogens (tertiary/aromatic N) is 5. The van der Waals surface area contributed by atoms with Crippen molar-refractivity contribution in [3.05, 3.63) is 106 Å². The molecule has 2 aliphatic heterocycles. The zero-order valence-corrected chi connectivity index (χ0v) is 34.1. The Morgan fingerprint density at radius 3 is 1.84 bits per heavy atom. The van der Waals surface area contributed by atoms with Gasteiger partial charge in [0, 0.05) is 18.7 Å². The number of benzene rings is 3. The molecule has 304 valence electrons. The summed E-state index contributed by atoms with van der Waals surface area (Å²) in [7, 11) is 0. The van der Waals surface area contributed by atoms with Gasteiger partial charge in [-0.1, -0.05) is 54.6 Å². The van der Waals surface area contributed by atoms with E-state index in [9.17, 15) is 19.7 Å². The van der Waals surface area contributed by atoms with E-state index in [4.69, 9.17) is 14.2 Å². The number of nitrogens with one attached hydrogen (secondary N) is 2. The Balaban J connectivity index is 1.21. The van der Waals surface area contributed by atoms with Crippen molar-refractivity contribution in [3.63, 3.8) is 0 Å². The predicted octanol–water partition coefficient (Wildman–Crippen LogP) is 10.1. The molecule has 2 atom stereocenters. The molecule has 2 saturated heterocycles. The Kier molecular flexibility index (Phi) is 11.0. The van der Waals surface area contributed by atoms with Crippen LogP contribution in [0, 0.1) is 17.0 Å². The maximum absolute atomic E-state index is 13.2. The van der Waals surface area contributed by atoms with Gasteiger partial charge in [-0.3, -0.25) is 19.9 Å². The van der Waals surface area contributed by atoms with Crippen LogP contribution in [0.2, 0.25) is 0 Å². The van der Waals surface area contributed by atoms with Crippen molar-refractivity contribution in [3.8, 4) is 39.4 Å². The molecule has 0 unspecified atom stereocenters. The normalized spacial score (nSPS) is 17.1. The highest BCUT2D eigenvalue weighted by molar-refractivity contribution is 5.88. The third-order valence-electron chi connectivity index (χ3n) is 10.2. The predicted molar refractivity (Wildman–Crippen MR) is 219 cm³/mol. The Bertz CT molecular complexity index is 2290. The number of carbonyl (C=O) groups excluding carboxylic acids is 2. The van der Waals surface area contributed by atoms with Gasteiger partial charge in [0.15, 0.2) is 0 Å². The summed E-state index contributed by atoms with van der Waals surface area (Å²) in [6, 6.07) is 18.3. The van der Waals surface area contributed by atoms with E-state index in [1.54, 1.807) is 22.2 Å². The number of hydrogen-bond donors (Lipinski definition) is 2. The van der Waals surface area contributed by atoms with E-state index in [0.29, 0.717) is 59.1 Å². The Hall–Kier alpha value is -6.18. The van der Waals surface area contributed by atoms with Gasteiger partial charge in [-0.25, -0.2) is 19.6 Å². The first kappa shape index (κ1) is 40.0. The van der Waals surface area contributed by atoms with Gasteiger partial charge in [0.2, 0.25) is 5.75 Å². The second kappa shape index (κ2) is 16.0. The van der Waals surface area contributed by atoms with Gasteiger partial charge in [-0.15, -0.1) is 0 Å². The van der Waals surface area contributed by atoms with E-state index in [0.717, 1.165) is 36.1 Å². The van der Waals surface area contributed by atoms with Crippen molar-refractivity contribution in [2.45, 2.75) is 104 Å². The maximum Gasteiger partial charge on any atom is 0.410 e. The third-order valence-corrected chi connectivity index (χ3v) is 10.2. The van der Waals surface area contributed by atoms with Crippen LogP contribution in [0.3, 0.4) is 0 Å². The molecular weight excluding hydrogens is 739 g/mol. The summed E-state index contributed by atoms with van der Waals surface area (Å²) >= 11 is 0. The highest BCUT2D eigenvalue weighted by Gasteiger charge is 2.37. The zero-order chi connectivity index (χ0) is 41.4. The summed E-state index contributed by atoms with van der Waals surface area (Å²) < 4.78 is 17.7. The number of aromatic nitrogens is 4. The highest BCUT2D eigenvalue weighted by atomic mass is 16.6. The van der Waals surface area contributed by atoms with Gasteiger partial charge in [0.25, 0.3) is 0 Å². The SMILES string of the molecule is Cc1cc(-c2cnc([C@@H]3CCCN3C(=O)OC(C)(C)C)[nH]2)c(OCc2ccccc2)c([N+](=O)[O-])c1-c1ccc(-c2cnc([C@@H]3CCCN3C(=O)OC(C)(C)C)[nH]2)cc1. The number of likely N-dealkylation sites (tertiary alicyclic amines) is 2. The van der Waals surface area contributed by atoms with Crippen LogP contribution < -0.4 is 4.74 Å². The first-order valence-corrected chi connectivity index (χ1v) is 19.8. The molecule has 0 bridgehead atoms. The molecule has 4 heterocycles. The molecule has 5 aromatic rings. The number of nitro benzene ring substituents is 1. The topological polar surface area (TPSA) is 169 Å². The van der Waals surface area contributed by atoms with Gasteiger partial charge in [-0.2, -0.15) is 0 Å². The van der Waals surface area contributed by atoms with Crippen LogP contribution in [0.5, 0.6) is 5.75 Å². The van der Waals surface area contributed by atoms with Gasteiger partial charge in [0.1, 0.15) is 29.5 Å². The monoisotopic (exact) mass is 789 g/mol. The number of imidazole rings is 2. The van der Waals surface area contributed by atoms with Crippen molar-refractivity contribution in [1.82, 2.24) is 29.7 Å². The van der Waals surface area contributed by atoms with Gasteiger partial charge < -0.3 is 24.2 Å². The van der Waals surface area contributed by atoms with Crippen LogP contribution in [-0.2, 0) is 16.1 Å². The van der Waals surface area contributed by atoms with E-state index >= 15 is 0 Å². The number of ether oxygens (including phenoxy) is 3. The fourth-order valence-electron chi connectivity index (χ4n) is 7.69. The minimum Gasteiger partial charge on any atom is -0.481 e. The number of H-pyrrole nitrogens is 2. The van der Waals surface area contributed by atoms with Crippen LogP contribution >= 0.6 is 0 Å². The van der Waals surface area contributed by atoms with Crippen LogP contribution in [0.4, 0.5) is 15.3 Å². The van der Waals surface area contributed by atoms with E-state index in [1.165, 1.54) is 0 Å². The van der Waals surface area contributed by atoms with E-state index in [2.05, 4.69) is 19.9 Å². The summed E-state index contributed by atoms with van der Waals surface area (Å²) in [5.74, 6) is 1.35. The van der Waals surface area contributed by atoms with E-state index in [1.807, 2.05) is 109 Å². The van der Waals surface area contributed by atoms with E-state index in [-0.39, 0.29) is 36.2 Å². The second-order valence-corrected chi connectivity index (χ2v) is 16.9. The van der Waals surface area contributed by atoms with Crippen molar-refractivity contribution < 1.29 is 28.7 Å². The lowest BCUT2D eigenvalue weighted by atomic mass is 9.93. The molecular formula is C44H51N7O7. The summed E-state index contributed by atoms with van der Waals surface area (Å²) in [6.07, 6.45) is 5.71. The van der Waals surface area contributed by atoms with Crippen molar-refractivity contribution in [1.29, 1.82) is 0 Å². The largest absolute Gasteiger partial charge is 0.481 e. The molecule has 0 spiro atoms. The highest BCUT2D eigenvalue weighted by Crippen LogP contribution is 2.47. The average Bonchev–Trinajstić information content (AvgIpc) is 4.00. The summed E-state index contributed by atoms with van der Waals surface area (Å²) in [5.41, 5.74) is 3.78. The molecule has 14 heteroatoms. The maximum atomic E-state index is 13.2. The van der Waals surface area contributed by atoms with E-state index < -0.39 is 22.2 Å². The minimum atomic E-state index is -0.646. The van der Waals surface area contributed by atoms with Crippen molar-refractivity contribution >= 4 is 17.9 Å². The molecule has 2 amide bonds. The van der Waals surface area contributed by atoms with Crippen LogP contribution in [0.15, 0.2) is 73.1 Å². The number of rotatable bonds is 9. The second-order valence-electron chi connectivity index (χ2n) is 16.9. The number of hydrogen-bond acceptors (Lipinski definition) is 9. The number of amides is 2. The number of nitro groups is 1. The molecule has 0 aliphatic carbocycles. The van der Waals surface area contributed by atoms with Crippen molar-refractivity contribution in [2.75, 3.05) is 13.1 Å². The lowest BCUT2D eigenvalue weighted by molar-refractivity contribution is -0.385. The Morgan fingerprint density at radius 1 is 0.793 bits per heavy atom. The molecule has 7 rings (SSSR count). The lowest BCUT2D eigenvalue weighted by Gasteiger charge is -2.27. The lowest BCUT2D eigenvalue weighted by Crippen LogP contribution is -2.36.